The molecule has 2 aromatic heterocycles. The third-order valence-corrected chi connectivity index (χ3v) is 6.51. The number of hydrogen-bond donors (Lipinski definition) is 1. The number of fused-ring (bicyclic) bond motifs is 1. The number of nitrogens with one attached hydrogen (secondary N) is 1. The lowest BCUT2D eigenvalue weighted by molar-refractivity contribution is 0.103. The molecule has 0 saturated carbocycles. The van der Waals surface area contributed by atoms with Gasteiger partial charge in [-0.15, -0.1) is 0 Å². The maximum Gasteiger partial charge on any atom is 0.276 e. The second-order valence-corrected chi connectivity index (χ2v) is 9.10. The van der Waals surface area contributed by atoms with Crippen LogP contribution >= 0.6 is 0 Å². The van der Waals surface area contributed by atoms with Gasteiger partial charge in [-0.1, -0.05) is 6.07 Å². The SMILES string of the molecule is CCOc1ccc(S(=O)(=O)N/N=C/c2c(C)c(C(=O)c3ccc(F)cc3)n3ccccc23)cc1. The number of rotatable bonds is 8. The van der Waals surface area contributed by atoms with Crippen LogP contribution in [0, 0.1) is 12.7 Å². The molecule has 34 heavy (non-hydrogen) atoms. The Hall–Kier alpha value is -3.98. The van der Waals surface area contributed by atoms with Crippen LogP contribution < -0.4 is 9.57 Å². The fraction of sp³-hybridized carbons (Fsp3) is 0.120. The van der Waals surface area contributed by atoms with E-state index in [0.717, 1.165) is 0 Å². The minimum absolute atomic E-state index is 0.0405. The highest BCUT2D eigenvalue weighted by Crippen LogP contribution is 2.24. The number of hydrogen-bond acceptors (Lipinski definition) is 5. The van der Waals surface area contributed by atoms with Gasteiger partial charge in [-0.2, -0.15) is 13.5 Å². The van der Waals surface area contributed by atoms with Gasteiger partial charge >= 0.3 is 0 Å². The number of ketones is 1. The van der Waals surface area contributed by atoms with E-state index in [1.165, 1.54) is 42.6 Å². The van der Waals surface area contributed by atoms with Crippen molar-refractivity contribution in [1.82, 2.24) is 9.23 Å². The summed E-state index contributed by atoms with van der Waals surface area (Å²) in [5.74, 6) is -0.145. The highest BCUT2D eigenvalue weighted by molar-refractivity contribution is 7.89. The Labute approximate surface area is 196 Å². The Morgan fingerprint density at radius 1 is 1.09 bits per heavy atom. The second kappa shape index (κ2) is 9.48. The zero-order valence-corrected chi connectivity index (χ0v) is 19.3. The molecule has 0 bridgehead atoms. The lowest BCUT2D eigenvalue weighted by atomic mass is 10.0. The molecule has 2 heterocycles. The van der Waals surface area contributed by atoms with Gasteiger partial charge in [0.1, 0.15) is 11.6 Å². The van der Waals surface area contributed by atoms with Crippen LogP contribution in [0.2, 0.25) is 0 Å². The summed E-state index contributed by atoms with van der Waals surface area (Å²) in [5, 5.41) is 3.95. The molecule has 0 radical (unpaired) electrons. The van der Waals surface area contributed by atoms with Gasteiger partial charge in [0.05, 0.1) is 28.9 Å². The first-order valence-electron chi connectivity index (χ1n) is 10.5. The summed E-state index contributed by atoms with van der Waals surface area (Å²) in [5.41, 5.74) is 2.60. The van der Waals surface area contributed by atoms with Gasteiger partial charge < -0.3 is 9.14 Å². The van der Waals surface area contributed by atoms with Crippen LogP contribution in [-0.4, -0.2) is 31.4 Å². The van der Waals surface area contributed by atoms with Crippen molar-refractivity contribution in [3.05, 3.63) is 101 Å². The summed E-state index contributed by atoms with van der Waals surface area (Å²) < 4.78 is 45.6. The number of benzene rings is 2. The molecule has 0 saturated heterocycles. The molecule has 7 nitrogen and oxygen atoms in total. The number of carbonyl (C=O) groups is 1. The van der Waals surface area contributed by atoms with E-state index in [9.17, 15) is 17.6 Å². The number of nitrogens with zero attached hydrogens (tertiary/aromatic N) is 2. The van der Waals surface area contributed by atoms with Crippen molar-refractivity contribution in [2.24, 2.45) is 5.10 Å². The molecule has 4 aromatic rings. The molecule has 0 aliphatic rings. The lowest BCUT2D eigenvalue weighted by Crippen LogP contribution is -2.18. The predicted octanol–water partition coefficient (Wildman–Crippen LogP) is 4.33. The smallest absolute Gasteiger partial charge is 0.276 e. The van der Waals surface area contributed by atoms with Crippen molar-refractivity contribution in [2.45, 2.75) is 18.7 Å². The normalized spacial score (nSPS) is 11.7. The van der Waals surface area contributed by atoms with Crippen LogP contribution in [0.1, 0.15) is 34.1 Å². The second-order valence-electron chi connectivity index (χ2n) is 7.44. The topological polar surface area (TPSA) is 89.2 Å². The Morgan fingerprint density at radius 2 is 1.79 bits per heavy atom. The molecule has 2 aromatic carbocycles. The quantitative estimate of drug-likeness (QED) is 0.231. The molecular weight excluding hydrogens is 457 g/mol. The fourth-order valence-corrected chi connectivity index (χ4v) is 4.42. The van der Waals surface area contributed by atoms with E-state index in [1.54, 1.807) is 41.8 Å². The zero-order chi connectivity index (χ0) is 24.3. The van der Waals surface area contributed by atoms with Crippen molar-refractivity contribution in [3.63, 3.8) is 0 Å². The maximum atomic E-state index is 13.3. The standard InChI is InChI=1S/C25H22FN3O4S/c1-3-33-20-11-13-21(14-12-20)34(31,32)28-27-16-22-17(2)24(29-15-5-4-6-23(22)29)25(30)18-7-9-19(26)10-8-18/h4-16,28H,3H2,1-2H3/b27-16+. The molecule has 0 fully saturated rings. The molecule has 0 aliphatic heterocycles. The van der Waals surface area contributed by atoms with Crippen LogP contribution in [0.25, 0.3) is 5.52 Å². The van der Waals surface area contributed by atoms with E-state index in [2.05, 4.69) is 9.93 Å². The third-order valence-electron chi connectivity index (χ3n) is 5.27. The average Bonchev–Trinajstić information content (AvgIpc) is 3.11. The Morgan fingerprint density at radius 3 is 2.47 bits per heavy atom. The van der Waals surface area contributed by atoms with E-state index < -0.39 is 15.8 Å². The molecule has 4 rings (SSSR count). The van der Waals surface area contributed by atoms with Crippen molar-refractivity contribution >= 4 is 27.5 Å². The van der Waals surface area contributed by atoms with Gasteiger partial charge in [-0.25, -0.2) is 9.22 Å². The van der Waals surface area contributed by atoms with Gasteiger partial charge in [-0.05, 0) is 80.1 Å². The maximum absolute atomic E-state index is 13.3. The van der Waals surface area contributed by atoms with Crippen LogP contribution in [0.15, 0.2) is 82.9 Å². The number of pyridine rings is 1. The van der Waals surface area contributed by atoms with Crippen LogP contribution in [0.4, 0.5) is 4.39 Å². The van der Waals surface area contributed by atoms with Crippen molar-refractivity contribution in [1.29, 1.82) is 0 Å². The van der Waals surface area contributed by atoms with Crippen molar-refractivity contribution in [3.8, 4) is 5.75 Å². The largest absolute Gasteiger partial charge is 0.494 e. The summed E-state index contributed by atoms with van der Waals surface area (Å²) in [6.07, 6.45) is 3.11. The molecule has 0 unspecified atom stereocenters. The number of ether oxygens (including phenoxy) is 1. The van der Waals surface area contributed by atoms with Crippen LogP contribution in [0.3, 0.4) is 0 Å². The molecule has 0 amide bonds. The van der Waals surface area contributed by atoms with Gasteiger partial charge in [0, 0.05) is 17.3 Å². The van der Waals surface area contributed by atoms with Crippen LogP contribution in [0.5, 0.6) is 5.75 Å². The zero-order valence-electron chi connectivity index (χ0n) is 18.5. The monoisotopic (exact) mass is 479 g/mol. The first-order valence-corrected chi connectivity index (χ1v) is 12.0. The van der Waals surface area contributed by atoms with Gasteiger partial charge in [-0.3, -0.25) is 4.79 Å². The highest BCUT2D eigenvalue weighted by Gasteiger charge is 2.21. The van der Waals surface area contributed by atoms with Gasteiger partial charge in [0.25, 0.3) is 10.0 Å². The van der Waals surface area contributed by atoms with Crippen molar-refractivity contribution in [2.75, 3.05) is 6.61 Å². The van der Waals surface area contributed by atoms with E-state index in [0.29, 0.717) is 40.3 Å². The average molecular weight is 480 g/mol. The van der Waals surface area contributed by atoms with E-state index in [4.69, 9.17) is 4.74 Å². The Bertz CT molecular complexity index is 1480. The molecule has 1 N–H and O–H groups in total. The Balaban J connectivity index is 1.65. The number of aromatic nitrogens is 1. The molecule has 9 heteroatoms. The third kappa shape index (κ3) is 4.55. The summed E-state index contributed by atoms with van der Waals surface area (Å²) in [4.78, 5) is 15.4. The number of hydrazone groups is 1. The summed E-state index contributed by atoms with van der Waals surface area (Å²) >= 11 is 0. The van der Waals surface area contributed by atoms with Gasteiger partial charge in [0.2, 0.25) is 5.78 Å². The fourth-order valence-electron chi connectivity index (χ4n) is 3.63. The molecule has 0 spiro atoms. The van der Waals surface area contributed by atoms with E-state index >= 15 is 0 Å². The molecule has 174 valence electrons. The summed E-state index contributed by atoms with van der Waals surface area (Å²) in [7, 11) is -3.90. The number of sulfonamides is 1. The predicted molar refractivity (Wildman–Crippen MR) is 127 cm³/mol. The molecule has 0 aliphatic carbocycles. The first-order chi connectivity index (χ1) is 16.3. The lowest BCUT2D eigenvalue weighted by Gasteiger charge is -2.05. The number of halogens is 1. The molecule has 0 atom stereocenters. The minimum atomic E-state index is -3.90. The van der Waals surface area contributed by atoms with Gasteiger partial charge in [0.15, 0.2) is 0 Å². The Kier molecular flexibility index (Phi) is 6.47. The van der Waals surface area contributed by atoms with E-state index in [1.807, 2.05) is 13.0 Å². The number of carbonyl (C=O) groups excluding carboxylic acids is 1. The first kappa shape index (κ1) is 23.2. The van der Waals surface area contributed by atoms with Crippen molar-refractivity contribution < 1.29 is 22.3 Å². The van der Waals surface area contributed by atoms with E-state index in [-0.39, 0.29) is 10.7 Å². The highest BCUT2D eigenvalue weighted by atomic mass is 32.2. The summed E-state index contributed by atoms with van der Waals surface area (Å²) in [6.45, 7) is 4.07. The molecular formula is C25H22FN3O4S. The minimum Gasteiger partial charge on any atom is -0.494 e. The van der Waals surface area contributed by atoms with Crippen LogP contribution in [-0.2, 0) is 10.0 Å². The summed E-state index contributed by atoms with van der Waals surface area (Å²) in [6, 6.07) is 16.7.